The molecular weight excluding hydrogens is 340 g/mol. The van der Waals surface area contributed by atoms with Crippen molar-refractivity contribution in [1.82, 2.24) is 15.5 Å². The van der Waals surface area contributed by atoms with Gasteiger partial charge in [0.2, 0.25) is 5.91 Å². The van der Waals surface area contributed by atoms with E-state index in [1.807, 2.05) is 0 Å². The summed E-state index contributed by atoms with van der Waals surface area (Å²) in [6, 6.07) is 0.407. The van der Waals surface area contributed by atoms with E-state index in [-0.39, 0.29) is 12.5 Å². The van der Waals surface area contributed by atoms with E-state index in [1.54, 1.807) is 19.0 Å². The second-order valence-electron chi connectivity index (χ2n) is 8.64. The zero-order valence-corrected chi connectivity index (χ0v) is 17.8. The van der Waals surface area contributed by atoms with E-state index < -0.39 is 0 Å². The van der Waals surface area contributed by atoms with Gasteiger partial charge in [0.25, 0.3) is 0 Å². The number of likely N-dealkylation sites (N-methyl/N-ethyl adjacent to an activating group) is 1. The number of carbonyl (C=O) groups excluding carboxylic acids is 1. The lowest BCUT2D eigenvalue weighted by Crippen LogP contribution is -2.47. The van der Waals surface area contributed by atoms with Gasteiger partial charge in [0.1, 0.15) is 6.54 Å². The molecule has 0 saturated heterocycles. The Morgan fingerprint density at radius 1 is 1.07 bits per heavy atom. The van der Waals surface area contributed by atoms with Crippen LogP contribution < -0.4 is 10.6 Å². The van der Waals surface area contributed by atoms with Crippen LogP contribution in [0.25, 0.3) is 0 Å². The van der Waals surface area contributed by atoms with Gasteiger partial charge in [0.05, 0.1) is 12.2 Å². The maximum atomic E-state index is 11.9. The van der Waals surface area contributed by atoms with Crippen molar-refractivity contribution in [3.8, 4) is 0 Å². The van der Waals surface area contributed by atoms with Gasteiger partial charge in [0.15, 0.2) is 5.96 Å². The summed E-state index contributed by atoms with van der Waals surface area (Å²) in [7, 11) is 3.55. The maximum Gasteiger partial charge on any atom is 0.243 e. The molecule has 2 N–H and O–H groups in total. The summed E-state index contributed by atoms with van der Waals surface area (Å²) in [5, 5.41) is 7.09. The summed E-state index contributed by atoms with van der Waals surface area (Å²) in [4.78, 5) is 18.1. The van der Waals surface area contributed by atoms with Crippen LogP contribution in [0.2, 0.25) is 0 Å². The van der Waals surface area contributed by atoms with Gasteiger partial charge in [-0.15, -0.1) is 0 Å². The highest BCUT2D eigenvalue weighted by atomic mass is 16.5. The Labute approximate surface area is 165 Å². The van der Waals surface area contributed by atoms with Crippen molar-refractivity contribution in [3.05, 3.63) is 0 Å². The lowest BCUT2D eigenvalue weighted by Gasteiger charge is -2.31. The molecule has 0 aromatic heterocycles. The minimum absolute atomic E-state index is 0.0304. The van der Waals surface area contributed by atoms with Crippen LogP contribution in [0.3, 0.4) is 0 Å². The van der Waals surface area contributed by atoms with Crippen LogP contribution in [0.15, 0.2) is 4.99 Å². The van der Waals surface area contributed by atoms with Gasteiger partial charge in [-0.1, -0.05) is 19.3 Å². The van der Waals surface area contributed by atoms with Crippen LogP contribution >= 0.6 is 0 Å². The largest absolute Gasteiger partial charge is 0.376 e. The van der Waals surface area contributed by atoms with Gasteiger partial charge in [-0.3, -0.25) is 4.79 Å². The highest BCUT2D eigenvalue weighted by Crippen LogP contribution is 2.23. The zero-order chi connectivity index (χ0) is 19.6. The molecule has 0 spiro atoms. The van der Waals surface area contributed by atoms with Gasteiger partial charge in [-0.25, -0.2) is 4.99 Å². The van der Waals surface area contributed by atoms with Crippen LogP contribution in [0.5, 0.6) is 0 Å². The molecule has 156 valence electrons. The van der Waals surface area contributed by atoms with E-state index >= 15 is 0 Å². The third kappa shape index (κ3) is 8.50. The molecule has 2 rings (SSSR count). The number of aliphatic imine (C=N–C) groups is 1. The fourth-order valence-electron chi connectivity index (χ4n) is 3.99. The minimum Gasteiger partial charge on any atom is -0.376 e. The molecule has 0 aromatic rings. The Morgan fingerprint density at radius 2 is 1.74 bits per heavy atom. The third-order valence-corrected chi connectivity index (χ3v) is 5.63. The smallest absolute Gasteiger partial charge is 0.243 e. The topological polar surface area (TPSA) is 66.0 Å². The fraction of sp³-hybridized carbons (Fsp3) is 0.905. The summed E-state index contributed by atoms with van der Waals surface area (Å²) < 4.78 is 5.95. The van der Waals surface area contributed by atoms with Crippen molar-refractivity contribution < 1.29 is 9.53 Å². The van der Waals surface area contributed by atoms with Crippen molar-refractivity contribution in [2.24, 2.45) is 10.9 Å². The van der Waals surface area contributed by atoms with Gasteiger partial charge in [0, 0.05) is 26.7 Å². The van der Waals surface area contributed by atoms with Crippen LogP contribution in [-0.2, 0) is 9.53 Å². The molecule has 27 heavy (non-hydrogen) atoms. The van der Waals surface area contributed by atoms with Gasteiger partial charge in [-0.2, -0.15) is 0 Å². The first-order valence-corrected chi connectivity index (χ1v) is 10.8. The number of guanidine groups is 1. The SMILES string of the molecule is CC(C)OC1CCC(NC(=NCC(=O)N(C)C)NCC2CCCCC2)CC1. The number of nitrogens with one attached hydrogen (secondary N) is 2. The van der Waals surface area contributed by atoms with Gasteiger partial charge in [-0.05, 0) is 58.3 Å². The van der Waals surface area contributed by atoms with Crippen LogP contribution in [0.1, 0.15) is 71.6 Å². The van der Waals surface area contributed by atoms with Crippen molar-refractivity contribution in [3.63, 3.8) is 0 Å². The number of hydrogen-bond donors (Lipinski definition) is 2. The number of carbonyl (C=O) groups is 1. The Morgan fingerprint density at radius 3 is 2.33 bits per heavy atom. The van der Waals surface area contributed by atoms with Crippen LogP contribution in [0.4, 0.5) is 0 Å². The fourth-order valence-corrected chi connectivity index (χ4v) is 3.99. The Kier molecular flexibility index (Phi) is 9.39. The second kappa shape index (κ2) is 11.5. The molecule has 2 aliphatic rings. The molecule has 1 amide bonds. The summed E-state index contributed by atoms with van der Waals surface area (Å²) in [5.74, 6) is 1.55. The first-order valence-electron chi connectivity index (χ1n) is 10.8. The van der Waals surface area contributed by atoms with E-state index in [1.165, 1.54) is 32.1 Å². The number of hydrogen-bond acceptors (Lipinski definition) is 3. The summed E-state index contributed by atoms with van der Waals surface area (Å²) in [6.45, 7) is 5.35. The second-order valence-corrected chi connectivity index (χ2v) is 8.64. The molecule has 2 saturated carbocycles. The summed E-state index contributed by atoms with van der Waals surface area (Å²) in [6.07, 6.45) is 11.7. The first-order chi connectivity index (χ1) is 12.9. The molecule has 6 heteroatoms. The molecule has 6 nitrogen and oxygen atoms in total. The lowest BCUT2D eigenvalue weighted by atomic mass is 9.89. The predicted molar refractivity (Wildman–Crippen MR) is 111 cm³/mol. The molecule has 0 heterocycles. The molecule has 0 atom stereocenters. The molecule has 0 aromatic carbocycles. The maximum absolute atomic E-state index is 11.9. The number of ether oxygens (including phenoxy) is 1. The quantitative estimate of drug-likeness (QED) is 0.526. The molecule has 0 aliphatic heterocycles. The third-order valence-electron chi connectivity index (χ3n) is 5.63. The number of nitrogens with zero attached hydrogens (tertiary/aromatic N) is 2. The molecule has 2 fully saturated rings. The number of amides is 1. The van der Waals surface area contributed by atoms with Gasteiger partial charge < -0.3 is 20.3 Å². The average molecular weight is 381 g/mol. The van der Waals surface area contributed by atoms with Crippen LogP contribution in [0, 0.1) is 5.92 Å². The molecule has 2 aliphatic carbocycles. The van der Waals surface area contributed by atoms with Gasteiger partial charge >= 0.3 is 0 Å². The molecule has 0 radical (unpaired) electrons. The average Bonchev–Trinajstić information content (AvgIpc) is 2.65. The minimum atomic E-state index is 0.0304. The summed E-state index contributed by atoms with van der Waals surface area (Å²) >= 11 is 0. The molecule has 0 unspecified atom stereocenters. The monoisotopic (exact) mass is 380 g/mol. The Bertz CT molecular complexity index is 465. The highest BCUT2D eigenvalue weighted by Gasteiger charge is 2.23. The van der Waals surface area contributed by atoms with Crippen molar-refractivity contribution in [1.29, 1.82) is 0 Å². The normalized spacial score (nSPS) is 24.7. The first kappa shape index (κ1) is 22.0. The van der Waals surface area contributed by atoms with Crippen molar-refractivity contribution in [2.75, 3.05) is 27.2 Å². The van der Waals surface area contributed by atoms with Crippen molar-refractivity contribution in [2.45, 2.75) is 89.9 Å². The molecular formula is C21H40N4O2. The Balaban J connectivity index is 1.85. The van der Waals surface area contributed by atoms with E-state index in [0.29, 0.717) is 18.2 Å². The molecule has 0 bridgehead atoms. The van der Waals surface area contributed by atoms with Crippen molar-refractivity contribution >= 4 is 11.9 Å². The standard InChI is InChI=1S/C21H40N4O2/c1-16(2)27-19-12-10-18(11-13-19)24-21(23-15-20(26)25(3)4)22-14-17-8-6-5-7-9-17/h16-19H,5-15H2,1-4H3,(H2,22,23,24). The predicted octanol–water partition coefficient (Wildman–Crippen LogP) is 2.93. The summed E-state index contributed by atoms with van der Waals surface area (Å²) in [5.41, 5.74) is 0. The highest BCUT2D eigenvalue weighted by molar-refractivity contribution is 5.84. The lowest BCUT2D eigenvalue weighted by molar-refractivity contribution is -0.127. The zero-order valence-electron chi connectivity index (χ0n) is 17.8. The number of rotatable bonds is 7. The van der Waals surface area contributed by atoms with E-state index in [0.717, 1.165) is 44.1 Å². The van der Waals surface area contributed by atoms with Crippen LogP contribution in [-0.4, -0.2) is 62.2 Å². The van der Waals surface area contributed by atoms with E-state index in [9.17, 15) is 4.79 Å². The van der Waals surface area contributed by atoms with E-state index in [4.69, 9.17) is 4.74 Å². The Hall–Kier alpha value is -1.30. The van der Waals surface area contributed by atoms with E-state index in [2.05, 4.69) is 29.5 Å².